The molecular weight excluding hydrogens is 615 g/mol. The maximum Gasteiger partial charge on any atom is 0.0540 e. The Morgan fingerprint density at radius 1 is 0.275 bits per heavy atom. The molecular formula is C50H33N. The standard InChI is InChI=1S/C50H33N/c1-2-13-34(14-3-1)43-21-10-11-24-49(43)51(41-29-27-37-26-25-35-15-4-7-20-42(35)48(37)33-41)40-19-12-18-38(31-40)47-32-39-17-6-9-23-45(39)50-44-22-8-5-16-36(44)28-30-46(47)50/h1-33H. The van der Waals surface area contributed by atoms with Gasteiger partial charge in [0.2, 0.25) is 0 Å². The molecule has 1 heteroatoms. The number of rotatable bonds is 5. The van der Waals surface area contributed by atoms with Gasteiger partial charge in [-0.2, -0.15) is 0 Å². The van der Waals surface area contributed by atoms with Crippen molar-refractivity contribution in [2.45, 2.75) is 0 Å². The summed E-state index contributed by atoms with van der Waals surface area (Å²) in [5.74, 6) is 0. The van der Waals surface area contributed by atoms with Gasteiger partial charge in [-0.25, -0.2) is 0 Å². The van der Waals surface area contributed by atoms with Gasteiger partial charge >= 0.3 is 0 Å². The van der Waals surface area contributed by atoms with Gasteiger partial charge in [0, 0.05) is 16.9 Å². The fourth-order valence-corrected chi connectivity index (χ4v) is 8.01. The molecule has 0 bridgehead atoms. The van der Waals surface area contributed by atoms with Gasteiger partial charge in [-0.1, -0.05) is 164 Å². The highest BCUT2D eigenvalue weighted by molar-refractivity contribution is 6.24. The molecule has 0 heterocycles. The second kappa shape index (κ2) is 12.0. The van der Waals surface area contributed by atoms with E-state index in [2.05, 4.69) is 205 Å². The van der Waals surface area contributed by atoms with E-state index < -0.39 is 0 Å². The van der Waals surface area contributed by atoms with Gasteiger partial charge < -0.3 is 4.90 Å². The second-order valence-electron chi connectivity index (χ2n) is 13.3. The van der Waals surface area contributed by atoms with Crippen LogP contribution in [0.1, 0.15) is 0 Å². The summed E-state index contributed by atoms with van der Waals surface area (Å²) in [4.78, 5) is 2.44. The van der Waals surface area contributed by atoms with E-state index in [-0.39, 0.29) is 0 Å². The van der Waals surface area contributed by atoms with Crippen molar-refractivity contribution in [3.05, 3.63) is 200 Å². The van der Waals surface area contributed by atoms with Gasteiger partial charge in [0.15, 0.2) is 0 Å². The minimum absolute atomic E-state index is 1.11. The van der Waals surface area contributed by atoms with Crippen LogP contribution in [-0.2, 0) is 0 Å². The molecule has 10 aromatic rings. The summed E-state index contributed by atoms with van der Waals surface area (Å²) in [5, 5.41) is 12.6. The predicted octanol–water partition coefficient (Wildman–Crippen LogP) is 14.3. The fourth-order valence-electron chi connectivity index (χ4n) is 8.01. The Morgan fingerprint density at radius 3 is 1.67 bits per heavy atom. The zero-order chi connectivity index (χ0) is 33.7. The summed E-state index contributed by atoms with van der Waals surface area (Å²) in [5.41, 5.74) is 8.15. The van der Waals surface area contributed by atoms with E-state index in [1.165, 1.54) is 76.1 Å². The molecule has 10 rings (SSSR count). The van der Waals surface area contributed by atoms with Crippen molar-refractivity contribution in [2.24, 2.45) is 0 Å². The third-order valence-electron chi connectivity index (χ3n) is 10.4. The summed E-state index contributed by atoms with van der Waals surface area (Å²) in [6, 6.07) is 73.1. The van der Waals surface area contributed by atoms with Gasteiger partial charge in [-0.3, -0.25) is 0 Å². The molecule has 238 valence electrons. The van der Waals surface area contributed by atoms with Gasteiger partial charge in [0.1, 0.15) is 0 Å². The van der Waals surface area contributed by atoms with E-state index in [9.17, 15) is 0 Å². The van der Waals surface area contributed by atoms with Crippen molar-refractivity contribution in [3.63, 3.8) is 0 Å². The number of anilines is 3. The highest BCUT2D eigenvalue weighted by Crippen LogP contribution is 2.45. The topological polar surface area (TPSA) is 3.24 Å². The van der Waals surface area contributed by atoms with E-state index >= 15 is 0 Å². The van der Waals surface area contributed by atoms with Crippen molar-refractivity contribution in [3.8, 4) is 22.3 Å². The van der Waals surface area contributed by atoms with Crippen LogP contribution in [0.25, 0.3) is 76.1 Å². The van der Waals surface area contributed by atoms with Gasteiger partial charge in [0.25, 0.3) is 0 Å². The lowest BCUT2D eigenvalue weighted by atomic mass is 9.90. The lowest BCUT2D eigenvalue weighted by Gasteiger charge is -2.29. The molecule has 0 saturated heterocycles. The van der Waals surface area contributed by atoms with Crippen LogP contribution in [0.5, 0.6) is 0 Å². The number of fused-ring (bicyclic) bond motifs is 8. The number of benzene rings is 10. The van der Waals surface area contributed by atoms with E-state index in [1.807, 2.05) is 0 Å². The van der Waals surface area contributed by atoms with Crippen LogP contribution < -0.4 is 4.90 Å². The van der Waals surface area contributed by atoms with Crippen LogP contribution in [0.2, 0.25) is 0 Å². The lowest BCUT2D eigenvalue weighted by molar-refractivity contribution is 1.29. The van der Waals surface area contributed by atoms with Crippen LogP contribution in [0.4, 0.5) is 17.1 Å². The van der Waals surface area contributed by atoms with Crippen molar-refractivity contribution in [1.82, 2.24) is 0 Å². The Balaban J connectivity index is 1.24. The highest BCUT2D eigenvalue weighted by atomic mass is 15.1. The SMILES string of the molecule is c1ccc(-c2ccccc2N(c2cccc(-c3cc4ccccc4c4c3ccc3ccccc34)c2)c2ccc3ccc4ccccc4c3c2)cc1. The minimum Gasteiger partial charge on any atom is -0.310 e. The van der Waals surface area contributed by atoms with E-state index in [1.54, 1.807) is 0 Å². The molecule has 1 nitrogen and oxygen atoms in total. The molecule has 0 spiro atoms. The Morgan fingerprint density at radius 2 is 0.843 bits per heavy atom. The Kier molecular flexibility index (Phi) is 6.89. The number of hydrogen-bond donors (Lipinski definition) is 0. The largest absolute Gasteiger partial charge is 0.310 e. The third-order valence-corrected chi connectivity index (χ3v) is 10.4. The van der Waals surface area contributed by atoms with Crippen LogP contribution in [0.3, 0.4) is 0 Å². The molecule has 0 fully saturated rings. The van der Waals surface area contributed by atoms with E-state index in [4.69, 9.17) is 0 Å². The summed E-state index contributed by atoms with van der Waals surface area (Å²) in [7, 11) is 0. The normalized spacial score (nSPS) is 11.5. The molecule has 10 aromatic carbocycles. The van der Waals surface area contributed by atoms with Crippen molar-refractivity contribution in [1.29, 1.82) is 0 Å². The Labute approximate surface area is 297 Å². The highest BCUT2D eigenvalue weighted by Gasteiger charge is 2.19. The number of hydrogen-bond acceptors (Lipinski definition) is 1. The maximum atomic E-state index is 2.44. The number of nitrogens with zero attached hydrogens (tertiary/aromatic N) is 1. The Hall–Kier alpha value is -6.70. The van der Waals surface area contributed by atoms with Crippen LogP contribution in [0, 0.1) is 0 Å². The molecule has 51 heavy (non-hydrogen) atoms. The van der Waals surface area contributed by atoms with Gasteiger partial charge in [0.05, 0.1) is 5.69 Å². The molecule has 0 aliphatic heterocycles. The molecule has 0 aliphatic carbocycles. The monoisotopic (exact) mass is 647 g/mol. The van der Waals surface area contributed by atoms with Crippen LogP contribution in [0.15, 0.2) is 200 Å². The molecule has 0 saturated carbocycles. The van der Waals surface area contributed by atoms with Crippen LogP contribution in [-0.4, -0.2) is 0 Å². The summed E-state index contributed by atoms with van der Waals surface area (Å²) >= 11 is 0. The van der Waals surface area contributed by atoms with Gasteiger partial charge in [-0.05, 0) is 107 Å². The first-order valence-electron chi connectivity index (χ1n) is 17.6. The summed E-state index contributed by atoms with van der Waals surface area (Å²) < 4.78 is 0. The van der Waals surface area contributed by atoms with E-state index in [0.717, 1.165) is 17.1 Å². The molecule has 0 unspecified atom stereocenters. The molecule has 0 aromatic heterocycles. The Bertz CT molecular complexity index is 2910. The smallest absolute Gasteiger partial charge is 0.0540 e. The molecule has 0 N–H and O–H groups in total. The van der Waals surface area contributed by atoms with Crippen molar-refractivity contribution in [2.75, 3.05) is 4.90 Å². The maximum absolute atomic E-state index is 2.44. The second-order valence-corrected chi connectivity index (χ2v) is 13.3. The number of para-hydroxylation sites is 1. The quantitative estimate of drug-likeness (QED) is 0.168. The minimum atomic E-state index is 1.11. The molecule has 0 amide bonds. The summed E-state index contributed by atoms with van der Waals surface area (Å²) in [6.45, 7) is 0. The zero-order valence-corrected chi connectivity index (χ0v) is 28.0. The predicted molar refractivity (Wildman–Crippen MR) is 220 cm³/mol. The van der Waals surface area contributed by atoms with Gasteiger partial charge in [-0.15, -0.1) is 0 Å². The van der Waals surface area contributed by atoms with E-state index in [0.29, 0.717) is 0 Å². The first-order valence-corrected chi connectivity index (χ1v) is 17.6. The van der Waals surface area contributed by atoms with Crippen LogP contribution >= 0.6 is 0 Å². The fraction of sp³-hybridized carbons (Fsp3) is 0. The molecule has 0 aliphatic rings. The average molecular weight is 648 g/mol. The summed E-state index contributed by atoms with van der Waals surface area (Å²) in [6.07, 6.45) is 0. The molecule has 0 atom stereocenters. The average Bonchev–Trinajstić information content (AvgIpc) is 3.21. The zero-order valence-electron chi connectivity index (χ0n) is 28.0. The lowest BCUT2D eigenvalue weighted by Crippen LogP contribution is -2.11. The molecule has 0 radical (unpaired) electrons. The van der Waals surface area contributed by atoms with Crippen molar-refractivity contribution < 1.29 is 0 Å². The third kappa shape index (κ3) is 4.94. The first kappa shape index (κ1) is 29.2. The van der Waals surface area contributed by atoms with Crippen molar-refractivity contribution >= 4 is 70.9 Å². The first-order chi connectivity index (χ1) is 25.3.